The van der Waals surface area contributed by atoms with Crippen molar-refractivity contribution in [3.8, 4) is 0 Å². The zero-order chi connectivity index (χ0) is 26.8. The van der Waals surface area contributed by atoms with Crippen molar-refractivity contribution in [1.29, 1.82) is 0 Å². The van der Waals surface area contributed by atoms with E-state index >= 15 is 0 Å². The van der Waals surface area contributed by atoms with Crippen molar-refractivity contribution >= 4 is 17.8 Å². The Morgan fingerprint density at radius 1 is 0.769 bits per heavy atom. The molecule has 3 atom stereocenters. The highest BCUT2D eigenvalue weighted by Gasteiger charge is 2.55. The zero-order valence-corrected chi connectivity index (χ0v) is 22.8. The minimum absolute atomic E-state index is 0.0336. The van der Waals surface area contributed by atoms with Crippen LogP contribution in [-0.4, -0.2) is 37.5 Å². The lowest BCUT2D eigenvalue weighted by Gasteiger charge is -2.54. The summed E-state index contributed by atoms with van der Waals surface area (Å²) in [6.07, 6.45) is 6.69. The van der Waals surface area contributed by atoms with Gasteiger partial charge in [-0.15, -0.1) is 0 Å². The Morgan fingerprint density at radius 2 is 1.23 bits per heavy atom. The molecule has 39 heavy (non-hydrogen) atoms. The number of esters is 1. The molecule has 4 fully saturated rings. The molecule has 0 radical (unpaired) electrons. The Bertz CT molecular complexity index is 1240. The summed E-state index contributed by atoms with van der Waals surface area (Å²) in [4.78, 5) is 40.4. The molecule has 0 saturated heterocycles. The van der Waals surface area contributed by atoms with Crippen LogP contribution in [0.2, 0.25) is 0 Å². The van der Waals surface area contributed by atoms with Crippen molar-refractivity contribution in [3.05, 3.63) is 70.8 Å². The van der Waals surface area contributed by atoms with Crippen molar-refractivity contribution in [2.45, 2.75) is 56.9 Å². The van der Waals surface area contributed by atoms with Crippen molar-refractivity contribution in [3.63, 3.8) is 0 Å². The highest BCUT2D eigenvalue weighted by molar-refractivity contribution is 5.94. The van der Waals surface area contributed by atoms with E-state index in [1.54, 1.807) is 6.92 Å². The molecular formula is C33H38N2O4. The van der Waals surface area contributed by atoms with Crippen LogP contribution in [0, 0.1) is 41.4 Å². The number of hydrogen-bond donors (Lipinski definition) is 2. The molecule has 9 rings (SSSR count). The second-order valence-electron chi connectivity index (χ2n) is 12.9. The van der Waals surface area contributed by atoms with E-state index in [1.165, 1.54) is 39.2 Å². The van der Waals surface area contributed by atoms with Gasteiger partial charge in [-0.2, -0.15) is 0 Å². The lowest BCUT2D eigenvalue weighted by atomic mass is 9.51. The fraction of sp³-hybridized carbons (Fsp3) is 0.545. The number of carbonyl (C=O) groups is 3. The van der Waals surface area contributed by atoms with E-state index in [0.29, 0.717) is 12.5 Å². The summed E-state index contributed by atoms with van der Waals surface area (Å²) in [6, 6.07) is 15.7. The zero-order valence-electron chi connectivity index (χ0n) is 22.8. The van der Waals surface area contributed by atoms with Gasteiger partial charge in [-0.3, -0.25) is 9.59 Å². The summed E-state index contributed by atoms with van der Waals surface area (Å²) in [6.45, 7) is 2.34. The molecule has 2 aromatic carbocycles. The SMILES string of the molecule is COC(=O)[C@H](C)NC(=O)C1C2c3ccccc3C(c3ccccc32)C1C(=O)NCC1C2CC3CC(C2)CC1C3. The molecule has 0 spiro atoms. The van der Waals surface area contributed by atoms with Crippen LogP contribution in [0.25, 0.3) is 0 Å². The first-order chi connectivity index (χ1) is 18.9. The largest absolute Gasteiger partial charge is 0.467 e. The van der Waals surface area contributed by atoms with Gasteiger partial charge in [-0.25, -0.2) is 4.79 Å². The van der Waals surface area contributed by atoms with Gasteiger partial charge < -0.3 is 15.4 Å². The van der Waals surface area contributed by atoms with Crippen molar-refractivity contribution in [1.82, 2.24) is 10.6 Å². The number of nitrogens with one attached hydrogen (secondary N) is 2. The summed E-state index contributed by atoms with van der Waals surface area (Å²) in [5.74, 6) is 1.41. The standard InChI is InChI=1S/C33H38N2O4/c1-17(33(38)39-2)35-32(37)30-28-24-9-5-3-7-22(24)27(23-8-4-6-10-25(23)28)29(30)31(36)34-16-26-20-12-18-11-19(14-20)15-21(26)13-18/h3-10,17-21,26-30H,11-16H2,1-2H3,(H,34,36)(H,35,37)/t17-,18?,19?,20?,21?,26?,27?,28?,29?,30?/m0/s1. The van der Waals surface area contributed by atoms with E-state index in [1.807, 2.05) is 24.3 Å². The number of benzene rings is 2. The molecule has 6 bridgehead atoms. The number of fused-ring (bicyclic) bond motifs is 1. The van der Waals surface area contributed by atoms with Crippen molar-refractivity contribution in [2.24, 2.45) is 41.4 Å². The molecule has 2 unspecified atom stereocenters. The van der Waals surface area contributed by atoms with Gasteiger partial charge in [-0.1, -0.05) is 48.5 Å². The maximum atomic E-state index is 14.3. The average Bonchev–Trinajstić information content (AvgIpc) is 2.95. The molecular weight excluding hydrogens is 488 g/mol. The first-order valence-electron chi connectivity index (χ1n) is 14.8. The molecule has 2 amide bonds. The fourth-order valence-corrected chi connectivity index (χ4v) is 9.56. The average molecular weight is 527 g/mol. The fourth-order valence-electron chi connectivity index (χ4n) is 9.56. The van der Waals surface area contributed by atoms with E-state index < -0.39 is 23.8 Å². The van der Waals surface area contributed by atoms with Gasteiger partial charge in [0, 0.05) is 18.4 Å². The lowest BCUT2D eigenvalue weighted by Crippen LogP contribution is -2.56. The van der Waals surface area contributed by atoms with Gasteiger partial charge in [0.1, 0.15) is 6.04 Å². The van der Waals surface area contributed by atoms with Gasteiger partial charge in [0.2, 0.25) is 11.8 Å². The van der Waals surface area contributed by atoms with Gasteiger partial charge >= 0.3 is 5.97 Å². The monoisotopic (exact) mass is 526 g/mol. The van der Waals surface area contributed by atoms with Gasteiger partial charge in [0.15, 0.2) is 0 Å². The van der Waals surface area contributed by atoms with E-state index in [-0.39, 0.29) is 23.7 Å². The number of rotatable bonds is 6. The highest BCUT2D eigenvalue weighted by atomic mass is 16.5. The van der Waals surface area contributed by atoms with Crippen molar-refractivity contribution in [2.75, 3.05) is 13.7 Å². The Labute approximate surface area is 230 Å². The number of amides is 2. The van der Waals surface area contributed by atoms with E-state index in [9.17, 15) is 14.4 Å². The number of ether oxygens (including phenoxy) is 1. The number of carbonyl (C=O) groups excluding carboxylic acids is 3. The molecule has 0 aliphatic heterocycles. The lowest BCUT2D eigenvalue weighted by molar-refractivity contribution is -0.146. The Hall–Kier alpha value is -3.15. The van der Waals surface area contributed by atoms with E-state index in [4.69, 9.17) is 4.74 Å². The van der Waals surface area contributed by atoms with Crippen LogP contribution < -0.4 is 10.6 Å². The van der Waals surface area contributed by atoms with Crippen molar-refractivity contribution < 1.29 is 19.1 Å². The topological polar surface area (TPSA) is 84.5 Å². The van der Waals surface area contributed by atoms with Crippen LogP contribution in [0.5, 0.6) is 0 Å². The first kappa shape index (κ1) is 24.9. The molecule has 6 nitrogen and oxygen atoms in total. The van der Waals surface area contributed by atoms with Gasteiger partial charge in [0.25, 0.3) is 0 Å². The molecule has 7 aliphatic carbocycles. The van der Waals surface area contributed by atoms with Crippen LogP contribution in [0.1, 0.15) is 73.1 Å². The predicted octanol–water partition coefficient (Wildman–Crippen LogP) is 4.38. The third-order valence-corrected chi connectivity index (χ3v) is 10.9. The molecule has 204 valence electrons. The third-order valence-electron chi connectivity index (χ3n) is 10.9. The molecule has 7 aliphatic rings. The van der Waals surface area contributed by atoms with Gasteiger partial charge in [0.05, 0.1) is 18.9 Å². The van der Waals surface area contributed by atoms with Crippen LogP contribution in [0.3, 0.4) is 0 Å². The molecule has 6 heteroatoms. The van der Waals surface area contributed by atoms with E-state index in [0.717, 1.165) is 45.9 Å². The maximum absolute atomic E-state index is 14.3. The van der Waals surface area contributed by atoms with Crippen LogP contribution in [0.4, 0.5) is 0 Å². The molecule has 0 heterocycles. The summed E-state index contributed by atoms with van der Waals surface area (Å²) in [5.41, 5.74) is 4.50. The van der Waals surface area contributed by atoms with Crippen LogP contribution in [-0.2, 0) is 19.1 Å². The molecule has 4 saturated carbocycles. The Kier molecular flexibility index (Phi) is 6.05. The number of hydrogen-bond acceptors (Lipinski definition) is 4. The van der Waals surface area contributed by atoms with Gasteiger partial charge in [-0.05, 0) is 90.9 Å². The normalized spacial score (nSPS) is 35.5. The molecule has 2 aromatic rings. The molecule has 0 aromatic heterocycles. The summed E-state index contributed by atoms with van der Waals surface area (Å²) >= 11 is 0. The quantitative estimate of drug-likeness (QED) is 0.548. The summed E-state index contributed by atoms with van der Waals surface area (Å²) < 4.78 is 4.87. The van der Waals surface area contributed by atoms with Crippen LogP contribution >= 0.6 is 0 Å². The second kappa shape index (κ2) is 9.50. The highest BCUT2D eigenvalue weighted by Crippen LogP contribution is 2.59. The minimum atomic E-state index is -0.787. The first-order valence-corrected chi connectivity index (χ1v) is 14.8. The Balaban J connectivity index is 1.22. The Morgan fingerprint density at radius 3 is 1.69 bits per heavy atom. The smallest absolute Gasteiger partial charge is 0.328 e. The number of methoxy groups -OCH3 is 1. The predicted molar refractivity (Wildman–Crippen MR) is 147 cm³/mol. The third kappa shape index (κ3) is 3.93. The van der Waals surface area contributed by atoms with Crippen LogP contribution in [0.15, 0.2) is 48.5 Å². The summed E-state index contributed by atoms with van der Waals surface area (Å²) in [5, 5.41) is 6.27. The second-order valence-corrected chi connectivity index (χ2v) is 12.9. The minimum Gasteiger partial charge on any atom is -0.467 e. The molecule has 2 N–H and O–H groups in total. The maximum Gasteiger partial charge on any atom is 0.328 e. The summed E-state index contributed by atoms with van der Waals surface area (Å²) in [7, 11) is 1.32. The van der Waals surface area contributed by atoms with E-state index in [2.05, 4.69) is 34.9 Å².